The van der Waals surface area contributed by atoms with Gasteiger partial charge in [0.1, 0.15) is 10.8 Å². The number of benzene rings is 2. The Balaban J connectivity index is 1.67. The van der Waals surface area contributed by atoms with E-state index in [4.69, 9.17) is 16.3 Å². The lowest BCUT2D eigenvalue weighted by Gasteiger charge is -2.23. The third kappa shape index (κ3) is 3.52. The molecule has 4 nitrogen and oxygen atoms in total. The molecule has 0 N–H and O–H groups in total. The molecule has 0 bridgehead atoms. The molecule has 0 aliphatic heterocycles. The van der Waals surface area contributed by atoms with Crippen LogP contribution in [0, 0.1) is 0 Å². The number of rotatable bonds is 5. The molecule has 6 heteroatoms. The topological polar surface area (TPSA) is 42.4 Å². The summed E-state index contributed by atoms with van der Waals surface area (Å²) in [7, 11) is 1.76. The Morgan fingerprint density at radius 1 is 1.25 bits per heavy atom. The average molecular weight is 361 g/mol. The van der Waals surface area contributed by atoms with Gasteiger partial charge in [0.05, 0.1) is 21.3 Å². The second kappa shape index (κ2) is 7.20. The molecule has 0 spiro atoms. The van der Waals surface area contributed by atoms with E-state index in [0.29, 0.717) is 10.8 Å². The summed E-state index contributed by atoms with van der Waals surface area (Å²) < 4.78 is 6.64. The summed E-state index contributed by atoms with van der Waals surface area (Å²) in [4.78, 5) is 18.7. The highest BCUT2D eigenvalue weighted by Crippen LogP contribution is 2.29. The number of aromatic nitrogens is 1. The van der Waals surface area contributed by atoms with Gasteiger partial charge in [-0.05, 0) is 31.2 Å². The number of halogens is 1. The maximum absolute atomic E-state index is 12.4. The zero-order valence-corrected chi connectivity index (χ0v) is 15.0. The fourth-order valence-corrected chi connectivity index (χ4v) is 3.51. The van der Waals surface area contributed by atoms with Crippen molar-refractivity contribution in [2.75, 3.05) is 13.7 Å². The zero-order valence-electron chi connectivity index (χ0n) is 13.4. The van der Waals surface area contributed by atoms with Crippen LogP contribution >= 0.6 is 22.9 Å². The van der Waals surface area contributed by atoms with Crippen molar-refractivity contribution in [3.8, 4) is 5.75 Å². The van der Waals surface area contributed by atoms with E-state index in [-0.39, 0.29) is 18.6 Å². The third-order valence-corrected chi connectivity index (χ3v) is 5.35. The van der Waals surface area contributed by atoms with E-state index in [1.807, 2.05) is 43.3 Å². The lowest BCUT2D eigenvalue weighted by molar-refractivity contribution is -0.134. The highest BCUT2D eigenvalue weighted by molar-refractivity contribution is 7.18. The van der Waals surface area contributed by atoms with Crippen LogP contribution in [0.15, 0.2) is 48.5 Å². The van der Waals surface area contributed by atoms with Crippen LogP contribution in [0.5, 0.6) is 5.75 Å². The van der Waals surface area contributed by atoms with Crippen LogP contribution in [0.1, 0.15) is 18.0 Å². The van der Waals surface area contributed by atoms with Crippen molar-refractivity contribution in [2.45, 2.75) is 13.0 Å². The van der Waals surface area contributed by atoms with Gasteiger partial charge in [0.2, 0.25) is 0 Å². The van der Waals surface area contributed by atoms with Gasteiger partial charge < -0.3 is 9.64 Å². The minimum absolute atomic E-state index is 0.0601. The number of amides is 1. The Hall–Kier alpha value is -2.11. The predicted octanol–water partition coefficient (Wildman–Crippen LogP) is 4.55. The van der Waals surface area contributed by atoms with Gasteiger partial charge in [-0.15, -0.1) is 11.3 Å². The van der Waals surface area contributed by atoms with Crippen LogP contribution in [-0.4, -0.2) is 29.4 Å². The number of carbonyl (C=O) groups excluding carboxylic acids is 1. The predicted molar refractivity (Wildman–Crippen MR) is 97.8 cm³/mol. The standard InChI is InChI=1S/C18H17ClN2O2S/c1-12(18-20-14-8-4-6-10-16(14)24-18)21(2)17(22)11-23-15-9-5-3-7-13(15)19/h3-10,12H,11H2,1-2H3. The average Bonchev–Trinajstić information content (AvgIpc) is 3.03. The van der Waals surface area contributed by atoms with Crippen LogP contribution in [0.2, 0.25) is 5.02 Å². The molecule has 3 aromatic rings. The van der Waals surface area contributed by atoms with Gasteiger partial charge >= 0.3 is 0 Å². The minimum atomic E-state index is -0.123. The Morgan fingerprint density at radius 2 is 1.96 bits per heavy atom. The number of para-hydroxylation sites is 2. The number of fused-ring (bicyclic) bond motifs is 1. The minimum Gasteiger partial charge on any atom is -0.482 e. The van der Waals surface area contributed by atoms with E-state index in [1.165, 1.54) is 0 Å². The summed E-state index contributed by atoms with van der Waals surface area (Å²) >= 11 is 7.63. The fraction of sp³-hybridized carbons (Fsp3) is 0.222. The summed E-state index contributed by atoms with van der Waals surface area (Å²) in [5.41, 5.74) is 0.956. The first-order valence-corrected chi connectivity index (χ1v) is 8.74. The summed E-state index contributed by atoms with van der Waals surface area (Å²) in [5.74, 6) is 0.384. The van der Waals surface area contributed by atoms with Gasteiger partial charge in [0, 0.05) is 7.05 Å². The van der Waals surface area contributed by atoms with Crippen LogP contribution in [0.3, 0.4) is 0 Å². The Kier molecular flexibility index (Phi) is 5.02. The molecule has 0 aliphatic rings. The molecule has 0 fully saturated rings. The number of ether oxygens (including phenoxy) is 1. The SMILES string of the molecule is CC(c1nc2ccccc2s1)N(C)C(=O)COc1ccccc1Cl. The summed E-state index contributed by atoms with van der Waals surface area (Å²) in [6, 6.07) is 14.9. The highest BCUT2D eigenvalue weighted by atomic mass is 35.5. The number of thiazole rings is 1. The van der Waals surface area contributed by atoms with E-state index < -0.39 is 0 Å². The van der Waals surface area contributed by atoms with E-state index in [1.54, 1.807) is 35.4 Å². The van der Waals surface area contributed by atoms with Crippen molar-refractivity contribution in [1.82, 2.24) is 9.88 Å². The maximum atomic E-state index is 12.4. The molecule has 0 aliphatic carbocycles. The second-order valence-electron chi connectivity index (χ2n) is 5.42. The van der Waals surface area contributed by atoms with Crippen molar-refractivity contribution < 1.29 is 9.53 Å². The highest BCUT2D eigenvalue weighted by Gasteiger charge is 2.21. The van der Waals surface area contributed by atoms with Gasteiger partial charge in [0.25, 0.3) is 5.91 Å². The first-order chi connectivity index (χ1) is 11.6. The number of carbonyl (C=O) groups is 1. The van der Waals surface area contributed by atoms with Crippen molar-refractivity contribution in [1.29, 1.82) is 0 Å². The Bertz CT molecular complexity index is 832. The van der Waals surface area contributed by atoms with Crippen molar-refractivity contribution in [2.24, 2.45) is 0 Å². The summed E-state index contributed by atoms with van der Waals surface area (Å²) in [6.07, 6.45) is 0. The van der Waals surface area contributed by atoms with Crippen LogP contribution < -0.4 is 4.74 Å². The van der Waals surface area contributed by atoms with Crippen molar-refractivity contribution >= 4 is 39.1 Å². The Morgan fingerprint density at radius 3 is 2.71 bits per heavy atom. The lowest BCUT2D eigenvalue weighted by Crippen LogP contribution is -2.33. The largest absolute Gasteiger partial charge is 0.482 e. The Labute approximate surface area is 149 Å². The summed E-state index contributed by atoms with van der Waals surface area (Å²) in [6.45, 7) is 1.90. The molecule has 124 valence electrons. The molecule has 24 heavy (non-hydrogen) atoms. The number of hydrogen-bond acceptors (Lipinski definition) is 4. The van der Waals surface area contributed by atoms with Crippen LogP contribution in [0.25, 0.3) is 10.2 Å². The van der Waals surface area contributed by atoms with Crippen molar-refractivity contribution in [3.63, 3.8) is 0 Å². The van der Waals surface area contributed by atoms with Crippen molar-refractivity contribution in [3.05, 3.63) is 58.6 Å². The fourth-order valence-electron chi connectivity index (χ4n) is 2.25. The molecule has 1 aromatic heterocycles. The third-order valence-electron chi connectivity index (χ3n) is 3.83. The first kappa shape index (κ1) is 16.7. The van der Waals surface area contributed by atoms with Gasteiger partial charge in [0.15, 0.2) is 6.61 Å². The first-order valence-electron chi connectivity index (χ1n) is 7.54. The van der Waals surface area contributed by atoms with Gasteiger partial charge in [-0.2, -0.15) is 0 Å². The molecule has 0 saturated heterocycles. The molecule has 3 rings (SSSR count). The molecule has 0 saturated carbocycles. The van der Waals surface area contributed by atoms with Crippen LogP contribution in [-0.2, 0) is 4.79 Å². The lowest BCUT2D eigenvalue weighted by atomic mass is 10.3. The van der Waals surface area contributed by atoms with E-state index in [2.05, 4.69) is 4.98 Å². The van der Waals surface area contributed by atoms with E-state index in [0.717, 1.165) is 15.2 Å². The van der Waals surface area contributed by atoms with Gasteiger partial charge in [-0.3, -0.25) is 4.79 Å². The van der Waals surface area contributed by atoms with Gasteiger partial charge in [-0.1, -0.05) is 35.9 Å². The normalized spacial score (nSPS) is 12.1. The maximum Gasteiger partial charge on any atom is 0.260 e. The van der Waals surface area contributed by atoms with E-state index in [9.17, 15) is 4.79 Å². The molecule has 1 unspecified atom stereocenters. The quantitative estimate of drug-likeness (QED) is 0.670. The monoisotopic (exact) mass is 360 g/mol. The van der Waals surface area contributed by atoms with Gasteiger partial charge in [-0.25, -0.2) is 4.98 Å². The zero-order chi connectivity index (χ0) is 17.1. The number of nitrogens with zero attached hydrogens (tertiary/aromatic N) is 2. The molecule has 1 heterocycles. The summed E-state index contributed by atoms with van der Waals surface area (Å²) in [5, 5.41) is 1.40. The molecule has 2 aromatic carbocycles. The molecule has 1 amide bonds. The number of likely N-dealkylation sites (N-methyl/N-ethyl adjacent to an activating group) is 1. The molecule has 1 atom stereocenters. The molecular weight excluding hydrogens is 344 g/mol. The molecule has 0 radical (unpaired) electrons. The number of hydrogen-bond donors (Lipinski definition) is 0. The van der Waals surface area contributed by atoms with Crippen LogP contribution in [0.4, 0.5) is 0 Å². The molecular formula is C18H17ClN2O2S. The van der Waals surface area contributed by atoms with E-state index >= 15 is 0 Å². The second-order valence-corrected chi connectivity index (χ2v) is 6.89. The smallest absolute Gasteiger partial charge is 0.260 e.